The van der Waals surface area contributed by atoms with Crippen molar-refractivity contribution in [3.8, 4) is 0 Å². The van der Waals surface area contributed by atoms with Crippen molar-refractivity contribution in [2.45, 2.75) is 39.7 Å². The molecule has 0 fully saturated rings. The van der Waals surface area contributed by atoms with Gasteiger partial charge in [-0.15, -0.1) is 0 Å². The Morgan fingerprint density at radius 1 is 1.65 bits per heavy atom. The Labute approximate surface area is 102 Å². The van der Waals surface area contributed by atoms with Crippen molar-refractivity contribution in [1.82, 2.24) is 5.32 Å². The summed E-state index contributed by atoms with van der Waals surface area (Å²) >= 11 is 0. The van der Waals surface area contributed by atoms with Crippen molar-refractivity contribution in [2.24, 2.45) is 5.92 Å². The van der Waals surface area contributed by atoms with Crippen molar-refractivity contribution < 1.29 is 14.3 Å². The SMILES string of the molecule is CCC(C)C(C)(O)CNC(=O)c1ccoc1C. The van der Waals surface area contributed by atoms with Crippen LogP contribution >= 0.6 is 0 Å². The molecule has 4 nitrogen and oxygen atoms in total. The zero-order valence-corrected chi connectivity index (χ0v) is 10.9. The van der Waals surface area contributed by atoms with Crippen LogP contribution < -0.4 is 5.32 Å². The minimum absolute atomic E-state index is 0.133. The van der Waals surface area contributed by atoms with E-state index in [1.807, 2.05) is 13.8 Å². The van der Waals surface area contributed by atoms with E-state index in [1.165, 1.54) is 6.26 Å². The Morgan fingerprint density at radius 3 is 2.76 bits per heavy atom. The second-order valence-electron chi connectivity index (χ2n) is 4.74. The first-order chi connectivity index (χ1) is 7.88. The predicted octanol–water partition coefficient (Wildman–Crippen LogP) is 2.11. The summed E-state index contributed by atoms with van der Waals surface area (Å²) in [4.78, 5) is 11.8. The van der Waals surface area contributed by atoms with Gasteiger partial charge in [-0.05, 0) is 25.8 Å². The summed E-state index contributed by atoms with van der Waals surface area (Å²) in [6.45, 7) is 7.70. The van der Waals surface area contributed by atoms with Crippen molar-refractivity contribution in [3.63, 3.8) is 0 Å². The van der Waals surface area contributed by atoms with Crippen molar-refractivity contribution in [3.05, 3.63) is 23.7 Å². The van der Waals surface area contributed by atoms with Gasteiger partial charge in [0.25, 0.3) is 5.91 Å². The summed E-state index contributed by atoms with van der Waals surface area (Å²) in [7, 11) is 0. The van der Waals surface area contributed by atoms with Crippen LogP contribution in [-0.2, 0) is 0 Å². The van der Waals surface area contributed by atoms with E-state index in [-0.39, 0.29) is 18.4 Å². The number of carbonyl (C=O) groups excluding carboxylic acids is 1. The highest BCUT2D eigenvalue weighted by atomic mass is 16.3. The Bertz CT molecular complexity index is 382. The van der Waals surface area contributed by atoms with E-state index < -0.39 is 5.60 Å². The maximum atomic E-state index is 11.8. The van der Waals surface area contributed by atoms with Crippen LogP contribution in [0.3, 0.4) is 0 Å². The molecule has 2 unspecified atom stereocenters. The minimum atomic E-state index is -0.887. The Balaban J connectivity index is 2.57. The number of nitrogens with one attached hydrogen (secondary N) is 1. The lowest BCUT2D eigenvalue weighted by Gasteiger charge is -2.29. The normalized spacial score (nSPS) is 16.3. The van der Waals surface area contributed by atoms with Gasteiger partial charge < -0.3 is 14.8 Å². The number of hydrogen-bond acceptors (Lipinski definition) is 3. The molecule has 0 radical (unpaired) electrons. The summed E-state index contributed by atoms with van der Waals surface area (Å²) in [5.74, 6) is 0.513. The highest BCUT2D eigenvalue weighted by Gasteiger charge is 2.27. The van der Waals surface area contributed by atoms with E-state index in [4.69, 9.17) is 4.42 Å². The molecule has 96 valence electrons. The molecule has 2 N–H and O–H groups in total. The molecule has 0 saturated carbocycles. The van der Waals surface area contributed by atoms with Gasteiger partial charge in [0, 0.05) is 6.54 Å². The zero-order chi connectivity index (χ0) is 13.1. The number of aliphatic hydroxyl groups is 1. The Morgan fingerprint density at radius 2 is 2.29 bits per heavy atom. The monoisotopic (exact) mass is 239 g/mol. The number of hydrogen-bond donors (Lipinski definition) is 2. The minimum Gasteiger partial charge on any atom is -0.469 e. The quantitative estimate of drug-likeness (QED) is 0.827. The zero-order valence-electron chi connectivity index (χ0n) is 10.9. The van der Waals surface area contributed by atoms with Gasteiger partial charge in [0.2, 0.25) is 0 Å². The van der Waals surface area contributed by atoms with Crippen LogP contribution in [0.2, 0.25) is 0 Å². The van der Waals surface area contributed by atoms with Crippen LogP contribution in [0.15, 0.2) is 16.7 Å². The third-order valence-corrected chi connectivity index (χ3v) is 3.38. The third kappa shape index (κ3) is 3.33. The first-order valence-electron chi connectivity index (χ1n) is 5.93. The van der Waals surface area contributed by atoms with Crippen LogP contribution in [0.5, 0.6) is 0 Å². The third-order valence-electron chi connectivity index (χ3n) is 3.38. The molecule has 4 heteroatoms. The van der Waals surface area contributed by atoms with Crippen LogP contribution in [0.1, 0.15) is 43.3 Å². The van der Waals surface area contributed by atoms with Gasteiger partial charge in [-0.3, -0.25) is 4.79 Å². The summed E-state index contributed by atoms with van der Waals surface area (Å²) in [5, 5.41) is 12.9. The molecule has 1 amide bonds. The first-order valence-corrected chi connectivity index (χ1v) is 5.93. The summed E-state index contributed by atoms with van der Waals surface area (Å²) in [5.41, 5.74) is -0.368. The van der Waals surface area contributed by atoms with E-state index in [0.717, 1.165) is 6.42 Å². The van der Waals surface area contributed by atoms with Crippen LogP contribution in [0.25, 0.3) is 0 Å². The van der Waals surface area contributed by atoms with Gasteiger partial charge in [0.1, 0.15) is 5.76 Å². The van der Waals surface area contributed by atoms with E-state index >= 15 is 0 Å². The van der Waals surface area contributed by atoms with Gasteiger partial charge in [0.15, 0.2) is 0 Å². The van der Waals surface area contributed by atoms with Crippen LogP contribution in [0.4, 0.5) is 0 Å². The number of furan rings is 1. The molecule has 0 aliphatic heterocycles. The first kappa shape index (κ1) is 13.8. The van der Waals surface area contributed by atoms with Crippen molar-refractivity contribution >= 4 is 5.91 Å². The fourth-order valence-electron chi connectivity index (χ4n) is 1.59. The second-order valence-corrected chi connectivity index (χ2v) is 4.74. The molecule has 0 aliphatic rings. The molecule has 17 heavy (non-hydrogen) atoms. The van der Waals surface area contributed by atoms with E-state index in [1.54, 1.807) is 19.9 Å². The Kier molecular flexibility index (Phi) is 4.34. The van der Waals surface area contributed by atoms with Gasteiger partial charge >= 0.3 is 0 Å². The summed E-state index contributed by atoms with van der Waals surface area (Å²) in [6.07, 6.45) is 2.35. The van der Waals surface area contributed by atoms with Gasteiger partial charge in [-0.2, -0.15) is 0 Å². The number of carbonyl (C=O) groups is 1. The topological polar surface area (TPSA) is 62.5 Å². The molecule has 1 aromatic heterocycles. The second kappa shape index (κ2) is 5.36. The maximum absolute atomic E-state index is 11.8. The van der Waals surface area contributed by atoms with Crippen molar-refractivity contribution in [2.75, 3.05) is 6.54 Å². The number of amides is 1. The standard InChI is InChI=1S/C13H21NO3/c1-5-9(2)13(4,16)8-14-12(15)11-6-7-17-10(11)3/h6-7,9,16H,5,8H2,1-4H3,(H,14,15). The maximum Gasteiger partial charge on any atom is 0.254 e. The van der Waals surface area contributed by atoms with E-state index in [2.05, 4.69) is 5.32 Å². The molecule has 0 aliphatic carbocycles. The molecule has 0 spiro atoms. The largest absolute Gasteiger partial charge is 0.469 e. The molecule has 0 bridgehead atoms. The molecule has 1 aromatic rings. The van der Waals surface area contributed by atoms with Crippen molar-refractivity contribution in [1.29, 1.82) is 0 Å². The highest BCUT2D eigenvalue weighted by Crippen LogP contribution is 2.19. The van der Waals surface area contributed by atoms with Gasteiger partial charge in [-0.25, -0.2) is 0 Å². The van der Waals surface area contributed by atoms with Gasteiger partial charge in [-0.1, -0.05) is 20.3 Å². The smallest absolute Gasteiger partial charge is 0.254 e. The summed E-state index contributed by atoms with van der Waals surface area (Å²) in [6, 6.07) is 1.63. The number of rotatable bonds is 5. The molecule has 1 heterocycles. The molecule has 0 saturated heterocycles. The highest BCUT2D eigenvalue weighted by molar-refractivity contribution is 5.95. The molecule has 0 aromatic carbocycles. The van der Waals surface area contributed by atoms with E-state index in [9.17, 15) is 9.90 Å². The van der Waals surface area contributed by atoms with Crippen LogP contribution in [-0.4, -0.2) is 23.2 Å². The average molecular weight is 239 g/mol. The predicted molar refractivity (Wildman–Crippen MR) is 65.9 cm³/mol. The summed E-state index contributed by atoms with van der Waals surface area (Å²) < 4.78 is 5.06. The fraction of sp³-hybridized carbons (Fsp3) is 0.615. The lowest BCUT2D eigenvalue weighted by molar-refractivity contribution is 0.00591. The lowest BCUT2D eigenvalue weighted by Crippen LogP contribution is -2.45. The van der Waals surface area contributed by atoms with Crippen LogP contribution in [0, 0.1) is 12.8 Å². The fourth-order valence-corrected chi connectivity index (χ4v) is 1.59. The number of aryl methyl sites for hydroxylation is 1. The molecular weight excluding hydrogens is 218 g/mol. The molecular formula is C13H21NO3. The van der Waals surface area contributed by atoms with E-state index in [0.29, 0.717) is 11.3 Å². The lowest BCUT2D eigenvalue weighted by atomic mass is 9.88. The Hall–Kier alpha value is -1.29. The van der Waals surface area contributed by atoms with Gasteiger partial charge in [0.05, 0.1) is 17.4 Å². The average Bonchev–Trinajstić information content (AvgIpc) is 2.71. The molecule has 2 atom stereocenters. The molecule has 1 rings (SSSR count).